The van der Waals surface area contributed by atoms with Gasteiger partial charge in [-0.15, -0.1) is 0 Å². The molecule has 190 valence electrons. The number of hydrogen-bond acceptors (Lipinski definition) is 8. The van der Waals surface area contributed by atoms with Crippen LogP contribution in [-0.4, -0.2) is 66.9 Å². The normalized spacial score (nSPS) is 18.9. The first kappa shape index (κ1) is 27.3. The van der Waals surface area contributed by atoms with E-state index in [1.54, 1.807) is 6.92 Å². The van der Waals surface area contributed by atoms with Gasteiger partial charge in [-0.1, -0.05) is 30.3 Å². The van der Waals surface area contributed by atoms with Gasteiger partial charge in [-0.05, 0) is 19.4 Å². The van der Waals surface area contributed by atoms with E-state index in [0.29, 0.717) is 0 Å². The first-order valence-electron chi connectivity index (χ1n) is 11.2. The molecule has 1 fully saturated rings. The van der Waals surface area contributed by atoms with Gasteiger partial charge in [0.15, 0.2) is 0 Å². The van der Waals surface area contributed by atoms with Crippen LogP contribution in [0.4, 0.5) is 0 Å². The predicted molar refractivity (Wildman–Crippen MR) is 121 cm³/mol. The number of primary amides is 1. The molecule has 1 aliphatic heterocycles. The second kappa shape index (κ2) is 13.1. The van der Waals surface area contributed by atoms with Crippen LogP contribution in [0.15, 0.2) is 30.3 Å². The van der Waals surface area contributed by atoms with Gasteiger partial charge in [0, 0.05) is 6.42 Å². The predicted octanol–water partition coefficient (Wildman–Crippen LogP) is -1.29. The summed E-state index contributed by atoms with van der Waals surface area (Å²) in [6.45, 7) is 3.12. The summed E-state index contributed by atoms with van der Waals surface area (Å²) in [5.41, 5.74) is 6.23. The number of benzene rings is 1. The van der Waals surface area contributed by atoms with E-state index in [2.05, 4.69) is 16.0 Å². The molecular formula is C23H30N4O8. The zero-order valence-corrected chi connectivity index (χ0v) is 19.6. The number of carbonyl (C=O) groups is 6. The van der Waals surface area contributed by atoms with E-state index in [9.17, 15) is 28.8 Å². The highest BCUT2D eigenvalue weighted by Crippen LogP contribution is 2.15. The van der Waals surface area contributed by atoms with Crippen molar-refractivity contribution in [2.24, 2.45) is 11.7 Å². The van der Waals surface area contributed by atoms with Crippen LogP contribution >= 0.6 is 0 Å². The molecule has 0 unspecified atom stereocenters. The minimum Gasteiger partial charge on any atom is -0.466 e. The molecule has 12 heteroatoms. The molecule has 1 aromatic carbocycles. The lowest BCUT2D eigenvalue weighted by atomic mass is 9.94. The summed E-state index contributed by atoms with van der Waals surface area (Å²) < 4.78 is 9.73. The van der Waals surface area contributed by atoms with Crippen molar-refractivity contribution in [1.82, 2.24) is 16.0 Å². The van der Waals surface area contributed by atoms with E-state index in [0.717, 1.165) is 5.56 Å². The molecule has 0 bridgehead atoms. The number of rotatable bonds is 12. The zero-order valence-electron chi connectivity index (χ0n) is 19.6. The molecule has 1 saturated heterocycles. The van der Waals surface area contributed by atoms with E-state index in [-0.39, 0.29) is 19.6 Å². The molecule has 1 aromatic rings. The van der Waals surface area contributed by atoms with Crippen molar-refractivity contribution in [3.05, 3.63) is 35.9 Å². The monoisotopic (exact) mass is 490 g/mol. The maximum atomic E-state index is 12.6. The van der Waals surface area contributed by atoms with Crippen molar-refractivity contribution in [1.29, 1.82) is 0 Å². The van der Waals surface area contributed by atoms with Crippen LogP contribution in [0.2, 0.25) is 0 Å². The Balaban J connectivity index is 2.04. The van der Waals surface area contributed by atoms with Gasteiger partial charge in [-0.2, -0.15) is 0 Å². The van der Waals surface area contributed by atoms with E-state index in [4.69, 9.17) is 15.2 Å². The molecule has 5 N–H and O–H groups in total. The Morgan fingerprint density at radius 2 is 1.57 bits per heavy atom. The number of carbonyl (C=O) groups excluding carboxylic acids is 6. The Morgan fingerprint density at radius 3 is 2.17 bits per heavy atom. The van der Waals surface area contributed by atoms with Crippen LogP contribution in [-0.2, 0) is 44.7 Å². The third-order valence-electron chi connectivity index (χ3n) is 5.24. The van der Waals surface area contributed by atoms with E-state index in [1.165, 1.54) is 6.92 Å². The minimum atomic E-state index is -1.60. The lowest BCUT2D eigenvalue weighted by Gasteiger charge is -2.30. The largest absolute Gasteiger partial charge is 0.466 e. The standard InChI is InChI=1S/C23H30N4O8/c1-3-34-18(29)11-14(23(33)35-4-2)19(20(24)30)27-17(28)12-16-22(32)25-15(21(31)26-16)10-13-8-6-5-7-9-13/h5-9,14-16,19H,3-4,10-12H2,1-2H3,(H2,24,30)(H,25,32)(H,26,31)(H,27,28)/t14-,15-,16-,19-/m0/s1. The highest BCUT2D eigenvalue weighted by Gasteiger charge is 2.39. The van der Waals surface area contributed by atoms with Crippen molar-refractivity contribution in [3.63, 3.8) is 0 Å². The van der Waals surface area contributed by atoms with Crippen LogP contribution in [0.1, 0.15) is 32.3 Å². The summed E-state index contributed by atoms with van der Waals surface area (Å²) in [5, 5.41) is 7.37. The summed E-state index contributed by atoms with van der Waals surface area (Å²) in [6.07, 6.45) is -0.799. The van der Waals surface area contributed by atoms with Gasteiger partial charge < -0.3 is 31.2 Å². The SMILES string of the molecule is CCOC(=O)C[C@H](C(=O)OCC)[C@H](NC(=O)C[C@@H]1NC(=O)[C@H](Cc2ccccc2)NC1=O)C(N)=O. The van der Waals surface area contributed by atoms with Gasteiger partial charge >= 0.3 is 11.9 Å². The number of nitrogens with one attached hydrogen (secondary N) is 3. The Kier molecular flexibility index (Phi) is 10.2. The first-order valence-corrected chi connectivity index (χ1v) is 11.2. The third kappa shape index (κ3) is 8.09. The minimum absolute atomic E-state index is 0.0317. The number of piperazine rings is 1. The van der Waals surface area contributed by atoms with Crippen LogP contribution in [0.25, 0.3) is 0 Å². The Bertz CT molecular complexity index is 952. The van der Waals surface area contributed by atoms with Gasteiger partial charge in [0.25, 0.3) is 0 Å². The highest BCUT2D eigenvalue weighted by molar-refractivity contribution is 6.00. The summed E-state index contributed by atoms with van der Waals surface area (Å²) in [6, 6.07) is 5.49. The lowest BCUT2D eigenvalue weighted by molar-refractivity contribution is -0.157. The zero-order chi connectivity index (χ0) is 26.0. The number of nitrogens with two attached hydrogens (primary N) is 1. The van der Waals surface area contributed by atoms with Crippen molar-refractivity contribution in [3.8, 4) is 0 Å². The maximum Gasteiger partial charge on any atom is 0.312 e. The first-order chi connectivity index (χ1) is 16.7. The average Bonchev–Trinajstić information content (AvgIpc) is 2.80. The number of esters is 2. The van der Waals surface area contributed by atoms with E-state index >= 15 is 0 Å². The van der Waals surface area contributed by atoms with Crippen LogP contribution in [0.3, 0.4) is 0 Å². The molecule has 4 atom stereocenters. The van der Waals surface area contributed by atoms with Crippen LogP contribution in [0.5, 0.6) is 0 Å². The molecule has 4 amide bonds. The molecule has 1 heterocycles. The smallest absolute Gasteiger partial charge is 0.312 e. The number of hydrogen-bond donors (Lipinski definition) is 4. The summed E-state index contributed by atoms with van der Waals surface area (Å²) >= 11 is 0. The summed E-state index contributed by atoms with van der Waals surface area (Å²) in [5.74, 6) is -6.10. The van der Waals surface area contributed by atoms with Crippen molar-refractivity contribution in [2.75, 3.05) is 13.2 Å². The number of amides is 4. The molecule has 0 aliphatic carbocycles. The molecule has 35 heavy (non-hydrogen) atoms. The quantitative estimate of drug-likeness (QED) is 0.261. The van der Waals surface area contributed by atoms with Gasteiger partial charge in [-0.25, -0.2) is 0 Å². The van der Waals surface area contributed by atoms with Crippen LogP contribution < -0.4 is 21.7 Å². The van der Waals surface area contributed by atoms with Gasteiger partial charge in [0.05, 0.1) is 32.0 Å². The van der Waals surface area contributed by atoms with E-state index < -0.39 is 72.5 Å². The number of ether oxygens (including phenoxy) is 2. The average molecular weight is 491 g/mol. The summed E-state index contributed by atoms with van der Waals surface area (Å²) in [7, 11) is 0. The van der Waals surface area contributed by atoms with Crippen LogP contribution in [0, 0.1) is 5.92 Å². The second-order valence-corrected chi connectivity index (χ2v) is 7.83. The van der Waals surface area contributed by atoms with Crippen molar-refractivity contribution in [2.45, 2.75) is 51.2 Å². The van der Waals surface area contributed by atoms with Crippen molar-refractivity contribution >= 4 is 35.6 Å². The maximum absolute atomic E-state index is 12.6. The molecule has 12 nitrogen and oxygen atoms in total. The molecule has 2 rings (SSSR count). The van der Waals surface area contributed by atoms with Crippen molar-refractivity contribution < 1.29 is 38.2 Å². The van der Waals surface area contributed by atoms with Gasteiger partial charge in [0.1, 0.15) is 18.1 Å². The fourth-order valence-corrected chi connectivity index (χ4v) is 3.59. The molecule has 0 spiro atoms. The summed E-state index contributed by atoms with van der Waals surface area (Å²) in [4.78, 5) is 74.0. The fourth-order valence-electron chi connectivity index (χ4n) is 3.59. The fraction of sp³-hybridized carbons (Fsp3) is 0.478. The highest BCUT2D eigenvalue weighted by atomic mass is 16.5. The molecule has 1 aliphatic rings. The van der Waals surface area contributed by atoms with Gasteiger partial charge in [-0.3, -0.25) is 28.8 Å². The molecule has 0 aromatic heterocycles. The lowest BCUT2D eigenvalue weighted by Crippen LogP contribution is -2.63. The van der Waals surface area contributed by atoms with Gasteiger partial charge in [0.2, 0.25) is 23.6 Å². The molecule has 0 radical (unpaired) electrons. The Morgan fingerprint density at radius 1 is 0.971 bits per heavy atom. The Labute approximate surface area is 202 Å². The Hall–Kier alpha value is -3.96. The second-order valence-electron chi connectivity index (χ2n) is 7.83. The van der Waals surface area contributed by atoms with E-state index in [1.807, 2.05) is 30.3 Å². The topological polar surface area (TPSA) is 183 Å². The third-order valence-corrected chi connectivity index (χ3v) is 5.24. The molecule has 0 saturated carbocycles. The molecular weight excluding hydrogens is 460 g/mol.